The first kappa shape index (κ1) is 12.3. The van der Waals surface area contributed by atoms with Crippen molar-refractivity contribution in [3.63, 3.8) is 0 Å². The Morgan fingerprint density at radius 3 is 2.75 bits per heavy atom. The minimum Gasteiger partial charge on any atom is -0.380 e. The first-order valence-corrected chi connectivity index (χ1v) is 6.98. The maximum atomic E-state index is 5.46. The summed E-state index contributed by atoms with van der Waals surface area (Å²) in [6.45, 7) is 6.97. The van der Waals surface area contributed by atoms with Crippen molar-refractivity contribution in [2.75, 3.05) is 39.4 Å². The van der Waals surface area contributed by atoms with Crippen LogP contribution in [0.15, 0.2) is 0 Å². The molecule has 94 valence electrons. The highest BCUT2D eigenvalue weighted by atomic mass is 16.5. The van der Waals surface area contributed by atoms with Crippen LogP contribution >= 0.6 is 0 Å². The van der Waals surface area contributed by atoms with Crippen LogP contribution < -0.4 is 5.32 Å². The van der Waals surface area contributed by atoms with Gasteiger partial charge in [0.1, 0.15) is 0 Å². The van der Waals surface area contributed by atoms with Gasteiger partial charge in [-0.2, -0.15) is 0 Å². The zero-order valence-corrected chi connectivity index (χ0v) is 10.4. The Kier molecular flexibility index (Phi) is 5.59. The van der Waals surface area contributed by atoms with Gasteiger partial charge in [-0.3, -0.25) is 0 Å². The van der Waals surface area contributed by atoms with Gasteiger partial charge in [0.25, 0.3) is 0 Å². The molecule has 2 rings (SSSR count). The second-order valence-electron chi connectivity index (χ2n) is 5.12. The van der Waals surface area contributed by atoms with Crippen LogP contribution in [0.4, 0.5) is 0 Å². The molecule has 3 nitrogen and oxygen atoms in total. The maximum absolute atomic E-state index is 5.46. The van der Waals surface area contributed by atoms with E-state index in [1.165, 1.54) is 58.2 Å². The van der Waals surface area contributed by atoms with Crippen LogP contribution in [0, 0.1) is 0 Å². The van der Waals surface area contributed by atoms with E-state index in [0.717, 1.165) is 19.8 Å². The molecule has 2 aliphatic rings. The lowest BCUT2D eigenvalue weighted by Crippen LogP contribution is -2.39. The van der Waals surface area contributed by atoms with Gasteiger partial charge < -0.3 is 15.0 Å². The number of rotatable bonds is 5. The summed E-state index contributed by atoms with van der Waals surface area (Å²) in [6.07, 6.45) is 8.06. The highest BCUT2D eigenvalue weighted by Gasteiger charge is 2.13. The lowest BCUT2D eigenvalue weighted by Gasteiger charge is -2.27. The number of nitrogens with zero attached hydrogens (tertiary/aromatic N) is 1. The van der Waals surface area contributed by atoms with Crippen LogP contribution in [-0.4, -0.2) is 50.3 Å². The molecule has 1 unspecified atom stereocenters. The molecule has 1 N–H and O–H groups in total. The van der Waals surface area contributed by atoms with E-state index in [2.05, 4.69) is 10.2 Å². The molecule has 2 aliphatic heterocycles. The molecule has 2 heterocycles. The Balaban J connectivity index is 1.47. The normalized spacial score (nSPS) is 28.1. The number of piperidine rings is 1. The highest BCUT2D eigenvalue weighted by Crippen LogP contribution is 2.09. The molecule has 0 radical (unpaired) electrons. The summed E-state index contributed by atoms with van der Waals surface area (Å²) in [5, 5.41) is 3.61. The van der Waals surface area contributed by atoms with Crippen molar-refractivity contribution in [3.05, 3.63) is 0 Å². The molecular formula is C13H26N2O. The van der Waals surface area contributed by atoms with Gasteiger partial charge in [-0.05, 0) is 58.3 Å². The lowest BCUT2D eigenvalue weighted by molar-refractivity contribution is 0.0701. The van der Waals surface area contributed by atoms with Gasteiger partial charge in [0.2, 0.25) is 0 Å². The van der Waals surface area contributed by atoms with Crippen LogP contribution in [0.5, 0.6) is 0 Å². The van der Waals surface area contributed by atoms with Crippen molar-refractivity contribution in [1.82, 2.24) is 10.2 Å². The number of likely N-dealkylation sites (tertiary alicyclic amines) is 1. The molecule has 16 heavy (non-hydrogen) atoms. The largest absolute Gasteiger partial charge is 0.380 e. The summed E-state index contributed by atoms with van der Waals surface area (Å²) >= 11 is 0. The van der Waals surface area contributed by atoms with E-state index in [9.17, 15) is 0 Å². The minimum absolute atomic E-state index is 0.620. The van der Waals surface area contributed by atoms with E-state index in [1.54, 1.807) is 0 Å². The number of hydrogen-bond donors (Lipinski definition) is 1. The second kappa shape index (κ2) is 7.25. The molecule has 0 saturated carbocycles. The molecule has 0 aromatic carbocycles. The van der Waals surface area contributed by atoms with Crippen LogP contribution in [-0.2, 0) is 4.74 Å². The third-order valence-electron chi connectivity index (χ3n) is 3.69. The van der Waals surface area contributed by atoms with Gasteiger partial charge in [-0.25, -0.2) is 0 Å². The summed E-state index contributed by atoms with van der Waals surface area (Å²) in [7, 11) is 0. The third kappa shape index (κ3) is 4.40. The fourth-order valence-corrected chi connectivity index (χ4v) is 2.69. The van der Waals surface area contributed by atoms with Gasteiger partial charge in [-0.1, -0.05) is 6.42 Å². The van der Waals surface area contributed by atoms with E-state index in [-0.39, 0.29) is 0 Å². The fraction of sp³-hybridized carbons (Fsp3) is 1.00. The Hall–Kier alpha value is -0.120. The predicted molar refractivity (Wildman–Crippen MR) is 66.8 cm³/mol. The number of nitrogens with one attached hydrogen (secondary N) is 1. The first-order chi connectivity index (χ1) is 7.95. The second-order valence-corrected chi connectivity index (χ2v) is 5.12. The minimum atomic E-state index is 0.620. The van der Waals surface area contributed by atoms with Crippen LogP contribution in [0.1, 0.15) is 38.5 Å². The SMILES string of the molecule is C1CCN(CCCNC2CCCOC2)CC1. The highest BCUT2D eigenvalue weighted by molar-refractivity contribution is 4.70. The smallest absolute Gasteiger partial charge is 0.0619 e. The van der Waals surface area contributed by atoms with Crippen molar-refractivity contribution in [2.45, 2.75) is 44.6 Å². The zero-order valence-electron chi connectivity index (χ0n) is 10.4. The standard InChI is InChI=1S/C13H26N2O/c1-2-8-15(9-3-1)10-5-7-14-13-6-4-11-16-12-13/h13-14H,1-12H2. The molecule has 0 aromatic rings. The lowest BCUT2D eigenvalue weighted by atomic mass is 10.1. The van der Waals surface area contributed by atoms with E-state index >= 15 is 0 Å². The monoisotopic (exact) mass is 226 g/mol. The van der Waals surface area contributed by atoms with E-state index < -0.39 is 0 Å². The van der Waals surface area contributed by atoms with E-state index in [4.69, 9.17) is 4.74 Å². The molecular weight excluding hydrogens is 200 g/mol. The average Bonchev–Trinajstić information content (AvgIpc) is 2.37. The van der Waals surface area contributed by atoms with Crippen molar-refractivity contribution in [1.29, 1.82) is 0 Å². The first-order valence-electron chi connectivity index (χ1n) is 6.98. The summed E-state index contributed by atoms with van der Waals surface area (Å²) in [6, 6.07) is 0.620. The average molecular weight is 226 g/mol. The maximum Gasteiger partial charge on any atom is 0.0619 e. The topological polar surface area (TPSA) is 24.5 Å². The van der Waals surface area contributed by atoms with Gasteiger partial charge >= 0.3 is 0 Å². The zero-order chi connectivity index (χ0) is 11.1. The summed E-state index contributed by atoms with van der Waals surface area (Å²) in [4.78, 5) is 2.61. The summed E-state index contributed by atoms with van der Waals surface area (Å²) < 4.78 is 5.46. The molecule has 0 aliphatic carbocycles. The summed E-state index contributed by atoms with van der Waals surface area (Å²) in [5.41, 5.74) is 0. The van der Waals surface area contributed by atoms with E-state index in [1.807, 2.05) is 0 Å². The fourth-order valence-electron chi connectivity index (χ4n) is 2.69. The molecule has 0 amide bonds. The van der Waals surface area contributed by atoms with Gasteiger partial charge in [0.05, 0.1) is 6.61 Å². The predicted octanol–water partition coefficient (Wildman–Crippen LogP) is 1.63. The Morgan fingerprint density at radius 2 is 2.00 bits per heavy atom. The molecule has 0 spiro atoms. The van der Waals surface area contributed by atoms with Gasteiger partial charge in [0.15, 0.2) is 0 Å². The van der Waals surface area contributed by atoms with Crippen LogP contribution in [0.2, 0.25) is 0 Å². The Labute approximate surface area is 99.5 Å². The van der Waals surface area contributed by atoms with Crippen molar-refractivity contribution in [3.8, 4) is 0 Å². The van der Waals surface area contributed by atoms with Crippen LogP contribution in [0.25, 0.3) is 0 Å². The van der Waals surface area contributed by atoms with Crippen molar-refractivity contribution in [2.24, 2.45) is 0 Å². The van der Waals surface area contributed by atoms with Gasteiger partial charge in [-0.15, -0.1) is 0 Å². The van der Waals surface area contributed by atoms with Crippen molar-refractivity contribution >= 4 is 0 Å². The molecule has 3 heteroatoms. The molecule has 0 aromatic heterocycles. The number of hydrogen-bond acceptors (Lipinski definition) is 3. The molecule has 2 fully saturated rings. The Morgan fingerprint density at radius 1 is 1.12 bits per heavy atom. The van der Waals surface area contributed by atoms with Crippen LogP contribution in [0.3, 0.4) is 0 Å². The third-order valence-corrected chi connectivity index (χ3v) is 3.69. The number of ether oxygens (including phenoxy) is 1. The summed E-state index contributed by atoms with van der Waals surface area (Å²) in [5.74, 6) is 0. The van der Waals surface area contributed by atoms with Crippen molar-refractivity contribution < 1.29 is 4.74 Å². The van der Waals surface area contributed by atoms with Gasteiger partial charge in [0, 0.05) is 12.6 Å². The quantitative estimate of drug-likeness (QED) is 0.721. The molecule has 0 bridgehead atoms. The Bertz CT molecular complexity index is 155. The van der Waals surface area contributed by atoms with E-state index in [0.29, 0.717) is 6.04 Å². The molecule has 2 saturated heterocycles. The molecule has 1 atom stereocenters.